The Balaban J connectivity index is 1.82. The van der Waals surface area contributed by atoms with Crippen molar-refractivity contribution in [1.29, 1.82) is 0 Å². The molecule has 0 unspecified atom stereocenters. The maximum Gasteiger partial charge on any atom is 0.260 e. The summed E-state index contributed by atoms with van der Waals surface area (Å²) in [6, 6.07) is 11.1. The molecule has 0 fully saturated rings. The van der Waals surface area contributed by atoms with Gasteiger partial charge in [-0.2, -0.15) is 0 Å². The van der Waals surface area contributed by atoms with Gasteiger partial charge in [0.2, 0.25) is 5.91 Å². The van der Waals surface area contributed by atoms with Crippen LogP contribution in [0.25, 0.3) is 11.1 Å². The van der Waals surface area contributed by atoms with Gasteiger partial charge in [0.05, 0.1) is 11.3 Å². The van der Waals surface area contributed by atoms with Gasteiger partial charge in [0, 0.05) is 16.7 Å². The van der Waals surface area contributed by atoms with Crippen LogP contribution in [0.15, 0.2) is 54.3 Å². The van der Waals surface area contributed by atoms with E-state index < -0.39 is 17.3 Å². The Kier molecular flexibility index (Phi) is 3.66. The number of fused-ring (bicyclic) bond motifs is 1. The van der Waals surface area contributed by atoms with Gasteiger partial charge in [-0.1, -0.05) is 12.1 Å². The Labute approximate surface area is 155 Å². The monoisotopic (exact) mass is 364 g/mol. The van der Waals surface area contributed by atoms with Gasteiger partial charge in [-0.3, -0.25) is 9.59 Å². The van der Waals surface area contributed by atoms with Crippen molar-refractivity contribution in [2.24, 2.45) is 5.73 Å². The first-order chi connectivity index (χ1) is 12.8. The number of nitrogens with two attached hydrogens (primary N) is 1. The highest BCUT2D eigenvalue weighted by molar-refractivity contribution is 6.32. The molecule has 2 amide bonds. The minimum absolute atomic E-state index is 0.331. The predicted octanol–water partition coefficient (Wildman–Crippen LogP) is 3.48. The molecule has 4 rings (SSSR count). The number of amides is 2. The number of carbonyl (C=O) groups is 2. The summed E-state index contributed by atoms with van der Waals surface area (Å²) in [4.78, 5) is 23.7. The Hall–Kier alpha value is -3.41. The molecule has 2 heterocycles. The van der Waals surface area contributed by atoms with E-state index in [9.17, 15) is 14.0 Å². The molecule has 2 aromatic carbocycles. The van der Waals surface area contributed by atoms with E-state index in [1.807, 2.05) is 19.9 Å². The lowest BCUT2D eigenvalue weighted by Gasteiger charge is -2.23. The van der Waals surface area contributed by atoms with Crippen LogP contribution in [-0.2, 0) is 9.53 Å². The van der Waals surface area contributed by atoms with Gasteiger partial charge in [0.25, 0.3) is 5.91 Å². The van der Waals surface area contributed by atoms with Crippen LogP contribution >= 0.6 is 0 Å². The average Bonchev–Trinajstić information content (AvgIpc) is 3.09. The SMILES string of the molecule is CC1(C)O/C(=C2/C(=O)Nc3cc(F)ccc32)C=C1c1ccc(C(N)=O)cc1. The number of hydrogen-bond acceptors (Lipinski definition) is 3. The van der Waals surface area contributed by atoms with E-state index in [0.717, 1.165) is 11.1 Å². The number of allylic oxidation sites excluding steroid dienone is 1. The van der Waals surface area contributed by atoms with Crippen molar-refractivity contribution in [3.05, 3.63) is 76.8 Å². The van der Waals surface area contributed by atoms with Crippen molar-refractivity contribution in [2.75, 3.05) is 5.32 Å². The lowest BCUT2D eigenvalue weighted by molar-refractivity contribution is -0.111. The van der Waals surface area contributed by atoms with E-state index in [1.165, 1.54) is 12.1 Å². The van der Waals surface area contributed by atoms with Crippen molar-refractivity contribution in [2.45, 2.75) is 19.4 Å². The van der Waals surface area contributed by atoms with Crippen LogP contribution in [0.1, 0.15) is 35.3 Å². The van der Waals surface area contributed by atoms with Crippen LogP contribution in [0.2, 0.25) is 0 Å². The minimum atomic E-state index is -0.681. The number of benzene rings is 2. The summed E-state index contributed by atoms with van der Waals surface area (Å²) >= 11 is 0. The van der Waals surface area contributed by atoms with E-state index in [-0.39, 0.29) is 5.91 Å². The molecule has 0 aromatic heterocycles. The van der Waals surface area contributed by atoms with E-state index in [1.54, 1.807) is 30.3 Å². The van der Waals surface area contributed by atoms with E-state index >= 15 is 0 Å². The summed E-state index contributed by atoms with van der Waals surface area (Å²) in [7, 11) is 0. The molecule has 2 aromatic rings. The molecular weight excluding hydrogens is 347 g/mol. The summed E-state index contributed by atoms with van der Waals surface area (Å²) in [5.41, 5.74) is 8.16. The van der Waals surface area contributed by atoms with Crippen LogP contribution < -0.4 is 11.1 Å². The maximum absolute atomic E-state index is 13.4. The number of carbonyl (C=O) groups excluding carboxylic acids is 2. The minimum Gasteiger partial charge on any atom is -0.482 e. The lowest BCUT2D eigenvalue weighted by Crippen LogP contribution is -2.21. The highest BCUT2D eigenvalue weighted by atomic mass is 19.1. The van der Waals surface area contributed by atoms with Gasteiger partial charge in [0.1, 0.15) is 17.2 Å². The molecule has 6 heteroatoms. The number of halogens is 1. The first kappa shape index (κ1) is 17.0. The zero-order valence-corrected chi connectivity index (χ0v) is 14.8. The summed E-state index contributed by atoms with van der Waals surface area (Å²) in [5.74, 6) is -0.815. The third-order valence-electron chi connectivity index (χ3n) is 4.74. The Morgan fingerprint density at radius 2 is 1.85 bits per heavy atom. The Morgan fingerprint density at radius 3 is 2.52 bits per heavy atom. The van der Waals surface area contributed by atoms with Crippen LogP contribution in [0, 0.1) is 5.82 Å². The van der Waals surface area contributed by atoms with Crippen molar-refractivity contribution in [1.82, 2.24) is 0 Å². The number of rotatable bonds is 2. The Morgan fingerprint density at radius 1 is 1.15 bits per heavy atom. The number of nitrogens with one attached hydrogen (secondary N) is 1. The number of anilines is 1. The van der Waals surface area contributed by atoms with Gasteiger partial charge in [-0.05, 0) is 55.8 Å². The van der Waals surface area contributed by atoms with Crippen molar-refractivity contribution in [3.63, 3.8) is 0 Å². The predicted molar refractivity (Wildman–Crippen MR) is 100 cm³/mol. The number of primary amides is 1. The Bertz CT molecular complexity index is 1050. The maximum atomic E-state index is 13.4. The molecule has 0 bridgehead atoms. The molecule has 0 atom stereocenters. The first-order valence-electron chi connectivity index (χ1n) is 8.43. The number of ether oxygens (including phenoxy) is 1. The van der Waals surface area contributed by atoms with Crippen LogP contribution in [-0.4, -0.2) is 17.4 Å². The quantitative estimate of drug-likeness (QED) is 0.801. The highest BCUT2D eigenvalue weighted by Crippen LogP contribution is 2.44. The van der Waals surface area contributed by atoms with Gasteiger partial charge >= 0.3 is 0 Å². The van der Waals surface area contributed by atoms with E-state index in [4.69, 9.17) is 10.5 Å². The second kappa shape index (κ2) is 5.81. The van der Waals surface area contributed by atoms with Crippen molar-refractivity contribution in [3.8, 4) is 0 Å². The standard InChI is InChI=1S/C21H17FN2O3/c1-21(2)15(11-3-5-12(6-4-11)19(23)25)10-17(27-21)18-14-8-7-13(22)9-16(14)24-20(18)26/h3-10H,1-2H3,(H2,23,25)(H,24,26)/b18-17+. The number of hydrogen-bond donors (Lipinski definition) is 2. The molecule has 3 N–H and O–H groups in total. The molecule has 0 saturated carbocycles. The summed E-state index contributed by atoms with van der Waals surface area (Å²) in [6.45, 7) is 3.79. The topological polar surface area (TPSA) is 81.4 Å². The highest BCUT2D eigenvalue weighted by Gasteiger charge is 2.38. The molecule has 5 nitrogen and oxygen atoms in total. The van der Waals surface area contributed by atoms with Crippen molar-refractivity contribution >= 4 is 28.6 Å². The van der Waals surface area contributed by atoms with Gasteiger partial charge < -0.3 is 15.8 Å². The fourth-order valence-corrected chi connectivity index (χ4v) is 3.42. The molecule has 0 spiro atoms. The summed E-state index contributed by atoms with van der Waals surface area (Å²) in [6.07, 6.45) is 1.81. The third kappa shape index (κ3) is 2.79. The summed E-state index contributed by atoms with van der Waals surface area (Å²) < 4.78 is 19.5. The molecule has 27 heavy (non-hydrogen) atoms. The van der Waals surface area contributed by atoms with Crippen LogP contribution in [0.5, 0.6) is 0 Å². The molecule has 2 aliphatic heterocycles. The normalized spacial score (nSPS) is 20.0. The molecule has 0 saturated heterocycles. The smallest absolute Gasteiger partial charge is 0.260 e. The first-order valence-corrected chi connectivity index (χ1v) is 8.43. The summed E-state index contributed by atoms with van der Waals surface area (Å²) in [5, 5.41) is 2.67. The van der Waals surface area contributed by atoms with E-state index in [0.29, 0.717) is 28.1 Å². The van der Waals surface area contributed by atoms with Crippen LogP contribution in [0.4, 0.5) is 10.1 Å². The largest absolute Gasteiger partial charge is 0.482 e. The fourth-order valence-electron chi connectivity index (χ4n) is 3.42. The van der Waals surface area contributed by atoms with Gasteiger partial charge in [-0.15, -0.1) is 0 Å². The van der Waals surface area contributed by atoms with Crippen LogP contribution in [0.3, 0.4) is 0 Å². The van der Waals surface area contributed by atoms with Crippen molar-refractivity contribution < 1.29 is 18.7 Å². The van der Waals surface area contributed by atoms with E-state index in [2.05, 4.69) is 5.32 Å². The molecule has 136 valence electrons. The molecule has 2 aliphatic rings. The third-order valence-corrected chi connectivity index (χ3v) is 4.74. The zero-order valence-electron chi connectivity index (χ0n) is 14.8. The second-order valence-electron chi connectivity index (χ2n) is 7.00. The molecule has 0 aliphatic carbocycles. The second-order valence-corrected chi connectivity index (χ2v) is 7.00. The zero-order chi connectivity index (χ0) is 19.3. The lowest BCUT2D eigenvalue weighted by atomic mass is 9.91. The molecular formula is C21H17FN2O3. The van der Waals surface area contributed by atoms with Gasteiger partial charge in [0.15, 0.2) is 0 Å². The van der Waals surface area contributed by atoms with Gasteiger partial charge in [-0.25, -0.2) is 4.39 Å². The molecule has 0 radical (unpaired) electrons. The average molecular weight is 364 g/mol. The fraction of sp³-hybridized carbons (Fsp3) is 0.143.